The lowest BCUT2D eigenvalue weighted by Gasteiger charge is -2.23. The molecule has 0 spiro atoms. The van der Waals surface area contributed by atoms with Crippen LogP contribution in [0.15, 0.2) is 42.5 Å². The lowest BCUT2D eigenvalue weighted by molar-refractivity contribution is -0.114. The van der Waals surface area contributed by atoms with Gasteiger partial charge in [0.2, 0.25) is 10.7 Å². The Balaban J connectivity index is 1.73. The number of carbonyl (C=O) groups is 1. The number of para-hydroxylation sites is 1. The monoisotopic (exact) mass is 368 g/mol. The van der Waals surface area contributed by atoms with Gasteiger partial charge in [0.25, 0.3) is 0 Å². The summed E-state index contributed by atoms with van der Waals surface area (Å²) in [7, 11) is 1.92. The Labute approximate surface area is 156 Å². The predicted molar refractivity (Wildman–Crippen MR) is 104 cm³/mol. The van der Waals surface area contributed by atoms with Crippen molar-refractivity contribution in [3.05, 3.63) is 58.4 Å². The van der Waals surface area contributed by atoms with Gasteiger partial charge in [0.05, 0.1) is 12.2 Å². The molecule has 2 aromatic carbocycles. The maximum Gasteiger partial charge on any atom is 0.243 e. The van der Waals surface area contributed by atoms with Crippen molar-refractivity contribution in [1.82, 2.24) is 20.2 Å². The summed E-state index contributed by atoms with van der Waals surface area (Å²) < 4.78 is 1.89. The summed E-state index contributed by atoms with van der Waals surface area (Å²) in [5.74, 6) is -0.0985. The van der Waals surface area contributed by atoms with Crippen LogP contribution in [0.1, 0.15) is 11.1 Å². The van der Waals surface area contributed by atoms with Crippen LogP contribution >= 0.6 is 12.2 Å². The van der Waals surface area contributed by atoms with Gasteiger partial charge >= 0.3 is 0 Å². The number of likely N-dealkylation sites (N-methyl/N-ethyl adjacent to an activating group) is 1. The molecule has 0 aliphatic carbocycles. The van der Waals surface area contributed by atoms with Crippen LogP contribution in [-0.4, -0.2) is 39.7 Å². The van der Waals surface area contributed by atoms with E-state index < -0.39 is 0 Å². The SMILES string of the molecule is Cc1cccc(C)c1N(C)CC(=O)Nc1cccc(-n2[nH]nnc2=S)c1. The number of nitrogens with zero attached hydrogens (tertiary/aromatic N) is 4. The molecular weight excluding hydrogens is 348 g/mol. The molecule has 26 heavy (non-hydrogen) atoms. The standard InChI is InChI=1S/C18H20N6OS/c1-12-6-4-7-13(2)17(12)23(3)11-16(25)19-14-8-5-9-15(10-14)24-18(26)20-21-22-24/h4-10H,11H2,1-3H3,(H,19,25)(H,20,22,26). The molecule has 0 aliphatic heterocycles. The fraction of sp³-hybridized carbons (Fsp3) is 0.222. The van der Waals surface area contributed by atoms with Gasteiger partial charge in [-0.3, -0.25) is 4.79 Å². The summed E-state index contributed by atoms with van der Waals surface area (Å²) in [6.07, 6.45) is 0. The molecule has 0 aliphatic rings. The molecule has 0 radical (unpaired) electrons. The molecule has 134 valence electrons. The Morgan fingerprint density at radius 2 is 1.92 bits per heavy atom. The number of hydrogen-bond acceptors (Lipinski definition) is 5. The number of H-pyrrole nitrogens is 1. The second-order valence-corrected chi connectivity index (χ2v) is 6.48. The summed E-state index contributed by atoms with van der Waals surface area (Å²) >= 11 is 5.10. The van der Waals surface area contributed by atoms with Gasteiger partial charge in [0.15, 0.2) is 0 Å². The first-order chi connectivity index (χ1) is 12.5. The summed E-state index contributed by atoms with van der Waals surface area (Å²) in [6.45, 7) is 4.34. The van der Waals surface area contributed by atoms with E-state index >= 15 is 0 Å². The topological polar surface area (TPSA) is 78.8 Å². The van der Waals surface area contributed by atoms with Gasteiger partial charge in [-0.2, -0.15) is 5.21 Å². The number of aromatic nitrogens is 4. The van der Waals surface area contributed by atoms with Crippen LogP contribution in [0, 0.1) is 18.6 Å². The molecule has 1 amide bonds. The number of anilines is 2. The largest absolute Gasteiger partial charge is 0.365 e. The quantitative estimate of drug-likeness (QED) is 0.677. The highest BCUT2D eigenvalue weighted by molar-refractivity contribution is 7.71. The first-order valence-electron chi connectivity index (χ1n) is 8.13. The number of hydrogen-bond donors (Lipinski definition) is 2. The van der Waals surface area contributed by atoms with E-state index in [2.05, 4.69) is 20.8 Å². The lowest BCUT2D eigenvalue weighted by atomic mass is 10.1. The molecule has 0 saturated heterocycles. The number of nitrogens with one attached hydrogen (secondary N) is 2. The van der Waals surface area contributed by atoms with Crippen molar-refractivity contribution >= 4 is 29.5 Å². The number of amides is 1. The summed E-state index contributed by atoms with van der Waals surface area (Å²) in [5, 5.41) is 13.0. The number of carbonyl (C=O) groups excluding carboxylic acids is 1. The van der Waals surface area contributed by atoms with Crippen molar-refractivity contribution in [3.8, 4) is 5.69 Å². The van der Waals surface area contributed by atoms with Crippen molar-refractivity contribution in [1.29, 1.82) is 0 Å². The van der Waals surface area contributed by atoms with Crippen molar-refractivity contribution in [2.45, 2.75) is 13.8 Å². The van der Waals surface area contributed by atoms with E-state index in [1.54, 1.807) is 4.68 Å². The van der Waals surface area contributed by atoms with E-state index in [0.717, 1.165) is 22.5 Å². The Morgan fingerprint density at radius 3 is 2.58 bits per heavy atom. The van der Waals surface area contributed by atoms with Gasteiger partial charge in [-0.1, -0.05) is 34.6 Å². The molecule has 0 saturated carbocycles. The number of benzene rings is 2. The molecule has 3 rings (SSSR count). The van der Waals surface area contributed by atoms with Gasteiger partial charge < -0.3 is 10.2 Å². The molecule has 1 aromatic heterocycles. The summed E-state index contributed by atoms with van der Waals surface area (Å²) in [4.78, 5) is 14.4. The third-order valence-corrected chi connectivity index (χ3v) is 4.33. The Hall–Kier alpha value is -3.00. The van der Waals surface area contributed by atoms with Crippen molar-refractivity contribution in [2.75, 3.05) is 23.8 Å². The zero-order chi connectivity index (χ0) is 18.7. The van der Waals surface area contributed by atoms with Crippen molar-refractivity contribution in [3.63, 3.8) is 0 Å². The van der Waals surface area contributed by atoms with Crippen molar-refractivity contribution in [2.24, 2.45) is 0 Å². The van der Waals surface area contributed by atoms with E-state index in [9.17, 15) is 4.79 Å². The van der Waals surface area contributed by atoms with Crippen LogP contribution in [0.4, 0.5) is 11.4 Å². The van der Waals surface area contributed by atoms with E-state index in [-0.39, 0.29) is 12.5 Å². The van der Waals surface area contributed by atoms with Gasteiger partial charge in [-0.15, -0.1) is 0 Å². The third-order valence-electron chi connectivity index (χ3n) is 4.06. The fourth-order valence-corrected chi connectivity index (χ4v) is 3.18. The molecule has 0 atom stereocenters. The molecule has 2 N–H and O–H groups in total. The third kappa shape index (κ3) is 3.80. The van der Waals surface area contributed by atoms with Gasteiger partial charge in [-0.25, -0.2) is 4.68 Å². The van der Waals surface area contributed by atoms with Crippen LogP contribution < -0.4 is 10.2 Å². The molecular formula is C18H20N6OS. The van der Waals surface area contributed by atoms with E-state index in [1.165, 1.54) is 0 Å². The molecule has 0 bridgehead atoms. The smallest absolute Gasteiger partial charge is 0.243 e. The second kappa shape index (κ2) is 7.49. The lowest BCUT2D eigenvalue weighted by Crippen LogP contribution is -2.31. The van der Waals surface area contributed by atoms with E-state index in [1.807, 2.05) is 68.3 Å². The molecule has 0 fully saturated rings. The number of aryl methyl sites for hydroxylation is 2. The number of tetrazole rings is 1. The number of rotatable bonds is 5. The predicted octanol–water partition coefficient (Wildman–Crippen LogP) is 3.02. The molecule has 1 heterocycles. The molecule has 8 heteroatoms. The molecule has 7 nitrogen and oxygen atoms in total. The maximum atomic E-state index is 12.5. The zero-order valence-electron chi connectivity index (χ0n) is 14.9. The van der Waals surface area contributed by atoms with Crippen LogP contribution in [0.3, 0.4) is 0 Å². The van der Waals surface area contributed by atoms with Gasteiger partial charge in [-0.05, 0) is 55.4 Å². The average molecular weight is 368 g/mol. The van der Waals surface area contributed by atoms with Crippen LogP contribution in [-0.2, 0) is 4.79 Å². The Bertz CT molecular complexity index is 973. The highest BCUT2D eigenvalue weighted by Crippen LogP contribution is 2.23. The van der Waals surface area contributed by atoms with Crippen LogP contribution in [0.2, 0.25) is 0 Å². The zero-order valence-corrected chi connectivity index (χ0v) is 15.7. The minimum atomic E-state index is -0.0985. The fourth-order valence-electron chi connectivity index (χ4n) is 2.99. The van der Waals surface area contributed by atoms with Crippen LogP contribution in [0.5, 0.6) is 0 Å². The normalized spacial score (nSPS) is 10.6. The van der Waals surface area contributed by atoms with E-state index in [4.69, 9.17) is 12.2 Å². The molecule has 0 unspecified atom stereocenters. The Morgan fingerprint density at radius 1 is 1.23 bits per heavy atom. The van der Waals surface area contributed by atoms with Crippen LogP contribution in [0.25, 0.3) is 5.69 Å². The second-order valence-electron chi connectivity index (χ2n) is 6.11. The van der Waals surface area contributed by atoms with E-state index in [0.29, 0.717) is 10.5 Å². The highest BCUT2D eigenvalue weighted by atomic mass is 32.1. The van der Waals surface area contributed by atoms with Crippen molar-refractivity contribution < 1.29 is 4.79 Å². The Kier molecular flexibility index (Phi) is 5.13. The minimum absolute atomic E-state index is 0.0985. The first-order valence-corrected chi connectivity index (χ1v) is 8.54. The average Bonchev–Trinajstić information content (AvgIpc) is 3.01. The highest BCUT2D eigenvalue weighted by Gasteiger charge is 2.12. The van der Waals surface area contributed by atoms with Gasteiger partial charge in [0.1, 0.15) is 0 Å². The maximum absolute atomic E-state index is 12.5. The summed E-state index contributed by atoms with van der Waals surface area (Å²) in [5.41, 5.74) is 4.79. The first kappa shape index (κ1) is 17.8. The summed E-state index contributed by atoms with van der Waals surface area (Å²) in [6, 6.07) is 13.4. The minimum Gasteiger partial charge on any atom is -0.365 e. The molecule has 3 aromatic rings. The van der Waals surface area contributed by atoms with Gasteiger partial charge in [0, 0.05) is 18.4 Å². The number of aromatic amines is 1.